The largest absolute Gasteiger partial charge is 0.379 e. The molecule has 12 atom stereocenters. The van der Waals surface area contributed by atoms with Crippen molar-refractivity contribution < 1.29 is 14.2 Å². The van der Waals surface area contributed by atoms with E-state index in [1.54, 1.807) is 21.3 Å². The Kier molecular flexibility index (Phi) is 33.1. The van der Waals surface area contributed by atoms with Crippen LogP contribution in [0.5, 0.6) is 0 Å². The lowest BCUT2D eigenvalue weighted by atomic mass is 9.86. The Morgan fingerprint density at radius 2 is 0.505 bits per heavy atom. The fourth-order valence-corrected chi connectivity index (χ4v) is 15.3. The summed E-state index contributed by atoms with van der Waals surface area (Å²) in [5.74, 6) is 3.34. The molecule has 18 nitrogen and oxygen atoms in total. The minimum absolute atomic E-state index is 0.111. The van der Waals surface area contributed by atoms with Gasteiger partial charge in [0.1, 0.15) is 0 Å². The van der Waals surface area contributed by atoms with Gasteiger partial charge in [-0.05, 0) is 187 Å². The molecule has 6 aliphatic rings. The molecule has 6 saturated carbocycles. The van der Waals surface area contributed by atoms with Crippen molar-refractivity contribution in [3.05, 3.63) is 205 Å². The molecule has 570 valence electrons. The summed E-state index contributed by atoms with van der Waals surface area (Å²) in [6.07, 6.45) is 31.5. The molecular formula is C87H123N9O9. The second kappa shape index (κ2) is 41.2. The fraction of sp³-hybridized carbons (Fsp3) is 0.621. The molecule has 0 bridgehead atoms. The lowest BCUT2D eigenvalue weighted by Crippen LogP contribution is -2.30. The van der Waals surface area contributed by atoms with Crippen LogP contribution in [0, 0.1) is 87.3 Å². The molecule has 6 fully saturated rings. The van der Waals surface area contributed by atoms with Crippen LogP contribution in [0.2, 0.25) is 0 Å². The highest BCUT2D eigenvalue weighted by Gasteiger charge is 2.42. The molecule has 0 saturated heterocycles. The van der Waals surface area contributed by atoms with Gasteiger partial charge >= 0.3 is 0 Å². The van der Waals surface area contributed by atoms with Crippen molar-refractivity contribution in [3.63, 3.8) is 0 Å². The summed E-state index contributed by atoms with van der Waals surface area (Å²) in [5.41, 5.74) is 6.32. The van der Waals surface area contributed by atoms with Crippen LogP contribution in [-0.2, 0) is 52.7 Å². The van der Waals surface area contributed by atoms with Crippen molar-refractivity contribution in [2.45, 2.75) is 272 Å². The van der Waals surface area contributed by atoms with Crippen LogP contribution in [-0.4, -0.2) is 67.0 Å². The molecule has 0 aromatic carbocycles. The standard InChI is InChI=1S/3C16H22N2O.3C13H19NO2/c3*1-12(2)9-14-6-4-8-18(16(14)19)15-7-3-5-13(10-15)11-17;3*1-9(2)7-10-5-4-6-14(13(10)15)11-8-12(11)16-3/h3*4,6,8,12-13,15H,3,5,7,9-10H2,1-2H3;3*4-6,9,11-12H,7-8H2,1-3H3/t2*13-,15+;;2*11-,12-;/m10.10./s1. The Bertz CT molecular complexity index is 3800. The highest BCUT2D eigenvalue weighted by Crippen LogP contribution is 2.40. The monoisotopic (exact) mass is 1440 g/mol. The fourth-order valence-electron chi connectivity index (χ4n) is 15.3. The van der Waals surface area contributed by atoms with Crippen molar-refractivity contribution in [2.24, 2.45) is 53.3 Å². The quantitative estimate of drug-likeness (QED) is 0.0655. The predicted octanol–water partition coefficient (Wildman–Crippen LogP) is 15.9. The van der Waals surface area contributed by atoms with Gasteiger partial charge in [-0.15, -0.1) is 0 Å². The van der Waals surface area contributed by atoms with Crippen LogP contribution in [0.15, 0.2) is 139 Å². The Labute approximate surface area is 625 Å². The van der Waals surface area contributed by atoms with E-state index < -0.39 is 0 Å². The predicted molar refractivity (Wildman–Crippen MR) is 419 cm³/mol. The third-order valence-corrected chi connectivity index (χ3v) is 20.8. The molecule has 6 heterocycles. The lowest BCUT2D eigenvalue weighted by molar-refractivity contribution is 0.169. The molecule has 105 heavy (non-hydrogen) atoms. The Morgan fingerprint density at radius 3 is 0.676 bits per heavy atom. The number of nitrogens with zero attached hydrogens (tertiary/aromatic N) is 9. The topological polar surface area (TPSA) is 231 Å². The van der Waals surface area contributed by atoms with Crippen LogP contribution in [0.1, 0.15) is 249 Å². The van der Waals surface area contributed by atoms with E-state index in [1.807, 2.05) is 137 Å². The van der Waals surface area contributed by atoms with E-state index in [0.29, 0.717) is 35.5 Å². The summed E-state index contributed by atoms with van der Waals surface area (Å²) in [4.78, 5) is 73.9. The van der Waals surface area contributed by atoms with E-state index >= 15 is 0 Å². The lowest BCUT2D eigenvalue weighted by Gasteiger charge is -2.27. The number of aromatic nitrogens is 6. The van der Waals surface area contributed by atoms with E-state index in [-0.39, 0.29) is 106 Å². The summed E-state index contributed by atoms with van der Waals surface area (Å²) in [6, 6.07) is 31.8. The zero-order valence-electron chi connectivity index (χ0n) is 65.8. The molecule has 6 aliphatic carbocycles. The van der Waals surface area contributed by atoms with Gasteiger partial charge in [0.25, 0.3) is 33.4 Å². The number of pyridine rings is 6. The third kappa shape index (κ3) is 25.1. The van der Waals surface area contributed by atoms with Crippen LogP contribution in [0.25, 0.3) is 0 Å². The van der Waals surface area contributed by atoms with Crippen LogP contribution >= 0.6 is 0 Å². The van der Waals surface area contributed by atoms with E-state index in [0.717, 1.165) is 168 Å². The van der Waals surface area contributed by atoms with Crippen molar-refractivity contribution in [1.82, 2.24) is 27.4 Å². The first kappa shape index (κ1) is 84.3. The molecular weight excluding hydrogens is 1320 g/mol. The minimum Gasteiger partial charge on any atom is -0.379 e. The van der Waals surface area contributed by atoms with E-state index in [4.69, 9.17) is 30.0 Å². The molecule has 18 heteroatoms. The molecule has 0 N–H and O–H groups in total. The van der Waals surface area contributed by atoms with Gasteiger partial charge in [0.15, 0.2) is 0 Å². The number of rotatable bonds is 21. The van der Waals surface area contributed by atoms with Gasteiger partial charge in [0.2, 0.25) is 0 Å². The molecule has 6 aromatic heterocycles. The number of methoxy groups -OCH3 is 3. The molecule has 0 aliphatic heterocycles. The SMILES string of the molecule is CC(C)Cc1cccn(C2CCCC(C#N)C2)c1=O.CC(C)Cc1cccn([C@@H]2CCC[C@H](C#N)C2)c1=O.CC(C)Cc1cccn([C@H]2CCC[C@@H](C#N)C2)c1=O.COC1CC1n1cccc(CC(C)C)c1=O.CO[C@@H]1C[C@H]1n1cccc(CC(C)C)c1=O.CO[C@H]1C[C@@H]1n1cccc(CC(C)C)c1=O. The maximum atomic E-state index is 12.5. The molecule has 6 aromatic rings. The van der Waals surface area contributed by atoms with Gasteiger partial charge in [-0.25, -0.2) is 0 Å². The summed E-state index contributed by atoms with van der Waals surface area (Å²) in [5, 5.41) is 27.2. The zero-order valence-corrected chi connectivity index (χ0v) is 65.8. The number of nitriles is 3. The first-order chi connectivity index (χ1) is 50.2. The van der Waals surface area contributed by atoms with Crippen molar-refractivity contribution in [1.29, 1.82) is 15.8 Å². The van der Waals surface area contributed by atoms with Crippen LogP contribution < -0.4 is 33.4 Å². The summed E-state index contributed by atoms with van der Waals surface area (Å²) in [7, 11) is 5.11. The average molecular weight is 1440 g/mol. The van der Waals surface area contributed by atoms with Gasteiger partial charge in [-0.3, -0.25) is 28.8 Å². The molecule has 4 unspecified atom stereocenters. The maximum Gasteiger partial charge on any atom is 0.254 e. The molecule has 0 spiro atoms. The molecule has 0 amide bonds. The first-order valence-corrected chi connectivity index (χ1v) is 39.2. The third-order valence-electron chi connectivity index (χ3n) is 20.8. The number of hydrogen-bond acceptors (Lipinski definition) is 12. The summed E-state index contributed by atoms with van der Waals surface area (Å²) in [6.45, 7) is 25.6. The van der Waals surface area contributed by atoms with Crippen LogP contribution in [0.3, 0.4) is 0 Å². The van der Waals surface area contributed by atoms with Gasteiger partial charge in [-0.2, -0.15) is 15.8 Å². The summed E-state index contributed by atoms with van der Waals surface area (Å²) >= 11 is 0. The normalized spacial score (nSPS) is 23.5. The van der Waals surface area contributed by atoms with Crippen molar-refractivity contribution >= 4 is 0 Å². The van der Waals surface area contributed by atoms with Crippen molar-refractivity contribution in [3.8, 4) is 18.2 Å². The maximum absolute atomic E-state index is 12.5. The average Bonchev–Trinajstić information content (AvgIpc) is 1.78. The zero-order chi connectivity index (χ0) is 76.6. The number of hydrogen-bond donors (Lipinski definition) is 0. The second-order valence-corrected chi connectivity index (χ2v) is 32.7. The Morgan fingerprint density at radius 1 is 0.314 bits per heavy atom. The Balaban J connectivity index is 0.000000176. The smallest absolute Gasteiger partial charge is 0.254 e. The van der Waals surface area contributed by atoms with E-state index in [2.05, 4.69) is 101 Å². The summed E-state index contributed by atoms with van der Waals surface area (Å²) < 4.78 is 26.8. The van der Waals surface area contributed by atoms with Crippen molar-refractivity contribution in [2.75, 3.05) is 21.3 Å². The van der Waals surface area contributed by atoms with Gasteiger partial charge in [0.05, 0.1) is 54.6 Å². The van der Waals surface area contributed by atoms with Gasteiger partial charge in [-0.1, -0.05) is 139 Å². The molecule has 0 radical (unpaired) electrons. The highest BCUT2D eigenvalue weighted by atomic mass is 16.5. The molecule has 12 rings (SSSR count). The minimum atomic E-state index is 0.111. The highest BCUT2D eigenvalue weighted by molar-refractivity contribution is 5.19. The second-order valence-electron chi connectivity index (χ2n) is 32.7. The van der Waals surface area contributed by atoms with Crippen LogP contribution in [0.4, 0.5) is 0 Å². The Hall–Kier alpha value is -7.95. The van der Waals surface area contributed by atoms with E-state index in [1.165, 1.54) is 0 Å². The number of ether oxygens (including phenoxy) is 3. The van der Waals surface area contributed by atoms with E-state index in [9.17, 15) is 28.8 Å². The first-order valence-electron chi connectivity index (χ1n) is 39.2. The van der Waals surface area contributed by atoms with Gasteiger partial charge in [0, 0.05) is 128 Å². The van der Waals surface area contributed by atoms with Gasteiger partial charge < -0.3 is 41.6 Å².